The molecule has 1 atom stereocenters. The fourth-order valence-electron chi connectivity index (χ4n) is 1.61. The van der Waals surface area contributed by atoms with E-state index in [0.717, 1.165) is 5.69 Å². The second kappa shape index (κ2) is 6.02. The number of halogens is 1. The lowest BCUT2D eigenvalue weighted by Crippen LogP contribution is -2.25. The van der Waals surface area contributed by atoms with Crippen LogP contribution in [0.1, 0.15) is 25.2 Å². The van der Waals surface area contributed by atoms with Crippen LogP contribution in [-0.4, -0.2) is 34.1 Å². The normalized spacial score (nSPS) is 12.5. The van der Waals surface area contributed by atoms with Gasteiger partial charge in [-0.05, 0) is 13.3 Å². The summed E-state index contributed by atoms with van der Waals surface area (Å²) in [6.45, 7) is 4.52. The zero-order valence-corrected chi connectivity index (χ0v) is 11.0. The number of methoxy groups -OCH3 is 1. The SMILES string of the molecule is CCc1nn(CC)c(CC(O)C(=O)OC)c1Cl. The highest BCUT2D eigenvalue weighted by Gasteiger charge is 2.22. The van der Waals surface area contributed by atoms with Crippen molar-refractivity contribution in [2.75, 3.05) is 7.11 Å². The Labute approximate surface area is 105 Å². The zero-order valence-electron chi connectivity index (χ0n) is 10.2. The van der Waals surface area contributed by atoms with Crippen LogP contribution in [0, 0.1) is 0 Å². The fourth-order valence-corrected chi connectivity index (χ4v) is 1.96. The van der Waals surface area contributed by atoms with Crippen molar-refractivity contribution in [1.29, 1.82) is 0 Å². The lowest BCUT2D eigenvalue weighted by Gasteiger charge is -2.09. The number of aromatic nitrogens is 2. The summed E-state index contributed by atoms with van der Waals surface area (Å²) in [4.78, 5) is 11.2. The molecule has 0 bridgehead atoms. The second-order valence-electron chi connectivity index (χ2n) is 3.62. The summed E-state index contributed by atoms with van der Waals surface area (Å²) in [5, 5.41) is 14.5. The molecule has 0 radical (unpaired) electrons. The molecule has 1 heterocycles. The Balaban J connectivity index is 2.96. The van der Waals surface area contributed by atoms with Gasteiger partial charge in [-0.1, -0.05) is 18.5 Å². The molecule has 17 heavy (non-hydrogen) atoms. The molecule has 0 saturated heterocycles. The van der Waals surface area contributed by atoms with Crippen molar-refractivity contribution in [3.63, 3.8) is 0 Å². The first kappa shape index (κ1) is 14.0. The van der Waals surface area contributed by atoms with E-state index in [1.54, 1.807) is 4.68 Å². The summed E-state index contributed by atoms with van der Waals surface area (Å²) in [5.74, 6) is -0.664. The average Bonchev–Trinajstić information content (AvgIpc) is 2.65. The van der Waals surface area contributed by atoms with E-state index in [-0.39, 0.29) is 6.42 Å². The molecule has 0 spiro atoms. The van der Waals surface area contributed by atoms with Crippen LogP contribution in [-0.2, 0) is 28.9 Å². The maximum absolute atomic E-state index is 11.2. The molecule has 96 valence electrons. The number of aliphatic hydroxyl groups is 1. The maximum Gasteiger partial charge on any atom is 0.335 e. The molecule has 0 aliphatic rings. The Bertz CT molecular complexity index is 404. The molecule has 1 unspecified atom stereocenters. The lowest BCUT2D eigenvalue weighted by molar-refractivity contribution is -0.150. The van der Waals surface area contributed by atoms with Gasteiger partial charge in [0, 0.05) is 13.0 Å². The summed E-state index contributed by atoms with van der Waals surface area (Å²) in [7, 11) is 1.24. The topological polar surface area (TPSA) is 64.3 Å². The standard InChI is InChI=1S/C11H17ClN2O3/c1-4-7-10(12)8(14(5-2)13-7)6-9(15)11(16)17-3/h9,15H,4-6H2,1-3H3. The summed E-state index contributed by atoms with van der Waals surface area (Å²) >= 11 is 6.15. The van der Waals surface area contributed by atoms with Gasteiger partial charge in [-0.2, -0.15) is 5.10 Å². The van der Waals surface area contributed by atoms with Crippen LogP contribution < -0.4 is 0 Å². The van der Waals surface area contributed by atoms with Crippen LogP contribution in [0.5, 0.6) is 0 Å². The third-order valence-corrected chi connectivity index (χ3v) is 2.99. The molecule has 5 nitrogen and oxygen atoms in total. The van der Waals surface area contributed by atoms with E-state index < -0.39 is 12.1 Å². The highest BCUT2D eigenvalue weighted by molar-refractivity contribution is 6.31. The van der Waals surface area contributed by atoms with Gasteiger partial charge >= 0.3 is 5.97 Å². The Morgan fingerprint density at radius 2 is 2.24 bits per heavy atom. The molecule has 0 aliphatic carbocycles. The number of aliphatic hydroxyl groups excluding tert-OH is 1. The number of nitrogens with zero attached hydrogens (tertiary/aromatic N) is 2. The van der Waals surface area contributed by atoms with Crippen molar-refractivity contribution >= 4 is 17.6 Å². The van der Waals surface area contributed by atoms with E-state index in [1.165, 1.54) is 7.11 Å². The van der Waals surface area contributed by atoms with E-state index in [1.807, 2.05) is 13.8 Å². The smallest absolute Gasteiger partial charge is 0.335 e. The summed E-state index contributed by atoms with van der Waals surface area (Å²) in [6, 6.07) is 0. The van der Waals surface area contributed by atoms with Gasteiger partial charge in [0.05, 0.1) is 23.5 Å². The number of ether oxygens (including phenoxy) is 1. The second-order valence-corrected chi connectivity index (χ2v) is 4.00. The first-order valence-electron chi connectivity index (χ1n) is 5.55. The molecule has 1 rings (SSSR count). The molecule has 0 saturated carbocycles. The number of hydrogen-bond donors (Lipinski definition) is 1. The monoisotopic (exact) mass is 260 g/mol. The molecule has 1 aromatic rings. The van der Waals surface area contributed by atoms with Crippen molar-refractivity contribution in [3.05, 3.63) is 16.4 Å². The fraction of sp³-hybridized carbons (Fsp3) is 0.636. The number of rotatable bonds is 5. The van der Waals surface area contributed by atoms with Crippen molar-refractivity contribution in [2.45, 2.75) is 39.3 Å². The Morgan fingerprint density at radius 3 is 2.71 bits per heavy atom. The van der Waals surface area contributed by atoms with Gasteiger partial charge in [-0.3, -0.25) is 4.68 Å². The van der Waals surface area contributed by atoms with Gasteiger partial charge < -0.3 is 9.84 Å². The minimum atomic E-state index is -1.20. The number of carbonyl (C=O) groups is 1. The molecule has 1 aromatic heterocycles. The van der Waals surface area contributed by atoms with Crippen LogP contribution in [0.15, 0.2) is 0 Å². The Kier molecular flexibility index (Phi) is 4.96. The van der Waals surface area contributed by atoms with Crippen LogP contribution >= 0.6 is 11.6 Å². The van der Waals surface area contributed by atoms with Gasteiger partial charge in [0.25, 0.3) is 0 Å². The number of esters is 1. The predicted molar refractivity (Wildman–Crippen MR) is 64.0 cm³/mol. The van der Waals surface area contributed by atoms with Gasteiger partial charge in [0.1, 0.15) is 0 Å². The third-order valence-electron chi connectivity index (χ3n) is 2.55. The van der Waals surface area contributed by atoms with E-state index in [2.05, 4.69) is 9.84 Å². The number of aryl methyl sites for hydroxylation is 2. The molecule has 6 heteroatoms. The molecule has 0 amide bonds. The molecule has 1 N–H and O–H groups in total. The van der Waals surface area contributed by atoms with Gasteiger partial charge in [-0.15, -0.1) is 0 Å². The highest BCUT2D eigenvalue weighted by Crippen LogP contribution is 2.23. The van der Waals surface area contributed by atoms with Crippen LogP contribution in [0.25, 0.3) is 0 Å². The molecular weight excluding hydrogens is 244 g/mol. The summed E-state index contributed by atoms with van der Waals surface area (Å²) < 4.78 is 6.17. The van der Waals surface area contributed by atoms with Crippen molar-refractivity contribution in [3.8, 4) is 0 Å². The zero-order chi connectivity index (χ0) is 13.0. The van der Waals surface area contributed by atoms with E-state index >= 15 is 0 Å². The maximum atomic E-state index is 11.2. The highest BCUT2D eigenvalue weighted by atomic mass is 35.5. The summed E-state index contributed by atoms with van der Waals surface area (Å²) in [6.07, 6.45) is -0.372. The molecule has 0 aliphatic heterocycles. The van der Waals surface area contributed by atoms with Gasteiger partial charge in [-0.25, -0.2) is 4.79 Å². The van der Waals surface area contributed by atoms with Crippen LogP contribution in [0.2, 0.25) is 5.02 Å². The van der Waals surface area contributed by atoms with Gasteiger partial charge in [0.15, 0.2) is 6.10 Å². The van der Waals surface area contributed by atoms with Crippen LogP contribution in [0.4, 0.5) is 0 Å². The predicted octanol–water partition coefficient (Wildman–Crippen LogP) is 1.20. The Morgan fingerprint density at radius 1 is 1.59 bits per heavy atom. The van der Waals surface area contributed by atoms with Crippen molar-refractivity contribution < 1.29 is 14.6 Å². The largest absolute Gasteiger partial charge is 0.467 e. The molecular formula is C11H17ClN2O3. The quantitative estimate of drug-likeness (QED) is 0.808. The van der Waals surface area contributed by atoms with Gasteiger partial charge in [0.2, 0.25) is 0 Å². The Hall–Kier alpha value is -1.07. The van der Waals surface area contributed by atoms with E-state index in [4.69, 9.17) is 11.6 Å². The number of hydrogen-bond acceptors (Lipinski definition) is 4. The van der Waals surface area contributed by atoms with Crippen molar-refractivity contribution in [2.24, 2.45) is 0 Å². The number of carbonyl (C=O) groups excluding carboxylic acids is 1. The van der Waals surface area contributed by atoms with Crippen molar-refractivity contribution in [1.82, 2.24) is 9.78 Å². The minimum Gasteiger partial charge on any atom is -0.467 e. The van der Waals surface area contributed by atoms with E-state index in [9.17, 15) is 9.90 Å². The summed E-state index contributed by atoms with van der Waals surface area (Å²) in [5.41, 5.74) is 1.45. The first-order valence-corrected chi connectivity index (χ1v) is 5.92. The first-order chi connectivity index (χ1) is 8.04. The average molecular weight is 261 g/mol. The minimum absolute atomic E-state index is 0.117. The van der Waals surface area contributed by atoms with Crippen LogP contribution in [0.3, 0.4) is 0 Å². The lowest BCUT2D eigenvalue weighted by atomic mass is 10.2. The molecule has 0 fully saturated rings. The molecule has 0 aromatic carbocycles. The van der Waals surface area contributed by atoms with E-state index in [0.29, 0.717) is 23.7 Å². The third kappa shape index (κ3) is 2.98.